The minimum atomic E-state index is 0.530. The molecule has 0 aromatic carbocycles. The van der Waals surface area contributed by atoms with Crippen LogP contribution in [0.25, 0.3) is 0 Å². The van der Waals surface area contributed by atoms with Crippen molar-refractivity contribution in [2.45, 2.75) is 39.7 Å². The SMILES string of the molecule is CC(C)CCCCNCc1cccnc1C#N. The van der Waals surface area contributed by atoms with Crippen LogP contribution in [0.2, 0.25) is 0 Å². The number of hydrogen-bond donors (Lipinski definition) is 1. The Kier molecular flexibility index (Phi) is 6.27. The van der Waals surface area contributed by atoms with E-state index in [0.717, 1.165) is 24.6 Å². The van der Waals surface area contributed by atoms with Crippen LogP contribution in [-0.4, -0.2) is 11.5 Å². The van der Waals surface area contributed by atoms with E-state index in [1.807, 2.05) is 12.1 Å². The molecular weight excluding hydrogens is 210 g/mol. The van der Waals surface area contributed by atoms with E-state index in [2.05, 4.69) is 30.2 Å². The number of nitrogens with one attached hydrogen (secondary N) is 1. The Labute approximate surface area is 104 Å². The van der Waals surface area contributed by atoms with Crippen LogP contribution in [0, 0.1) is 17.2 Å². The third-order valence-electron chi connectivity index (χ3n) is 2.70. The quantitative estimate of drug-likeness (QED) is 0.734. The first-order valence-electron chi connectivity index (χ1n) is 6.28. The van der Waals surface area contributed by atoms with E-state index in [9.17, 15) is 0 Å². The van der Waals surface area contributed by atoms with Gasteiger partial charge >= 0.3 is 0 Å². The number of pyridine rings is 1. The van der Waals surface area contributed by atoms with Gasteiger partial charge in [0.05, 0.1) is 0 Å². The van der Waals surface area contributed by atoms with Crippen LogP contribution in [0.3, 0.4) is 0 Å². The average Bonchev–Trinajstić information content (AvgIpc) is 2.33. The maximum Gasteiger partial charge on any atom is 0.144 e. The first-order chi connectivity index (χ1) is 8.24. The Balaban J connectivity index is 2.20. The molecule has 0 amide bonds. The molecule has 1 rings (SSSR count). The molecule has 1 N–H and O–H groups in total. The van der Waals surface area contributed by atoms with Gasteiger partial charge in [0.15, 0.2) is 0 Å². The van der Waals surface area contributed by atoms with Gasteiger partial charge < -0.3 is 5.32 Å². The lowest BCUT2D eigenvalue weighted by atomic mass is 10.1. The Morgan fingerprint density at radius 2 is 2.24 bits per heavy atom. The van der Waals surface area contributed by atoms with Gasteiger partial charge in [-0.1, -0.05) is 32.8 Å². The second-order valence-corrected chi connectivity index (χ2v) is 4.69. The van der Waals surface area contributed by atoms with Crippen LogP contribution >= 0.6 is 0 Å². The molecule has 0 saturated carbocycles. The summed E-state index contributed by atoms with van der Waals surface area (Å²) in [6.45, 7) is 6.25. The molecule has 0 radical (unpaired) electrons. The summed E-state index contributed by atoms with van der Waals surface area (Å²) in [5, 5.41) is 12.2. The predicted molar refractivity (Wildman–Crippen MR) is 69.3 cm³/mol. The first-order valence-corrected chi connectivity index (χ1v) is 6.28. The molecule has 1 aromatic heterocycles. The predicted octanol–water partition coefficient (Wildman–Crippen LogP) is 2.87. The van der Waals surface area contributed by atoms with Crippen molar-refractivity contribution in [3.05, 3.63) is 29.6 Å². The van der Waals surface area contributed by atoms with E-state index < -0.39 is 0 Å². The lowest BCUT2D eigenvalue weighted by Gasteiger charge is -2.07. The lowest BCUT2D eigenvalue weighted by molar-refractivity contribution is 0.520. The summed E-state index contributed by atoms with van der Waals surface area (Å²) in [7, 11) is 0. The fourth-order valence-corrected chi connectivity index (χ4v) is 1.71. The smallest absolute Gasteiger partial charge is 0.144 e. The third kappa shape index (κ3) is 5.46. The van der Waals surface area contributed by atoms with Gasteiger partial charge in [-0.2, -0.15) is 5.26 Å². The van der Waals surface area contributed by atoms with E-state index in [1.54, 1.807) is 6.20 Å². The Morgan fingerprint density at radius 3 is 2.94 bits per heavy atom. The van der Waals surface area contributed by atoms with Crippen molar-refractivity contribution >= 4 is 0 Å². The molecule has 0 fully saturated rings. The number of nitrogens with zero attached hydrogens (tertiary/aromatic N) is 2. The van der Waals surface area contributed by atoms with Crippen LogP contribution in [0.15, 0.2) is 18.3 Å². The van der Waals surface area contributed by atoms with Gasteiger partial charge in [0, 0.05) is 18.3 Å². The molecule has 3 heteroatoms. The number of unbranched alkanes of at least 4 members (excludes halogenated alkanes) is 1. The van der Waals surface area contributed by atoms with Gasteiger partial charge in [-0.15, -0.1) is 0 Å². The van der Waals surface area contributed by atoms with E-state index in [-0.39, 0.29) is 0 Å². The molecule has 0 unspecified atom stereocenters. The molecule has 1 heterocycles. The van der Waals surface area contributed by atoms with Gasteiger partial charge in [-0.3, -0.25) is 0 Å². The van der Waals surface area contributed by atoms with Gasteiger partial charge in [0.1, 0.15) is 11.8 Å². The van der Waals surface area contributed by atoms with E-state index in [0.29, 0.717) is 5.69 Å². The standard InChI is InChI=1S/C14H21N3/c1-12(2)6-3-4-8-16-11-13-7-5-9-17-14(13)10-15/h5,7,9,12,16H,3-4,6,8,11H2,1-2H3. The highest BCUT2D eigenvalue weighted by Crippen LogP contribution is 2.06. The summed E-state index contributed by atoms with van der Waals surface area (Å²) in [5.74, 6) is 0.790. The maximum absolute atomic E-state index is 8.88. The molecular formula is C14H21N3. The summed E-state index contributed by atoms with van der Waals surface area (Å²) in [5.41, 5.74) is 1.51. The zero-order valence-corrected chi connectivity index (χ0v) is 10.7. The molecule has 0 saturated heterocycles. The second-order valence-electron chi connectivity index (χ2n) is 4.69. The largest absolute Gasteiger partial charge is 0.313 e. The van der Waals surface area contributed by atoms with Crippen molar-refractivity contribution in [2.24, 2.45) is 5.92 Å². The molecule has 17 heavy (non-hydrogen) atoms. The second kappa shape index (κ2) is 7.81. The zero-order valence-electron chi connectivity index (χ0n) is 10.7. The van der Waals surface area contributed by atoms with Crippen LogP contribution in [0.5, 0.6) is 0 Å². The van der Waals surface area contributed by atoms with Gasteiger partial charge in [0.25, 0.3) is 0 Å². The molecule has 0 bridgehead atoms. The lowest BCUT2D eigenvalue weighted by Crippen LogP contribution is -2.16. The van der Waals surface area contributed by atoms with Crippen molar-refractivity contribution in [1.82, 2.24) is 10.3 Å². The molecule has 0 aliphatic rings. The van der Waals surface area contributed by atoms with Crippen molar-refractivity contribution in [1.29, 1.82) is 5.26 Å². The van der Waals surface area contributed by atoms with Crippen molar-refractivity contribution in [3.8, 4) is 6.07 Å². The summed E-state index contributed by atoms with van der Waals surface area (Å²) >= 11 is 0. The Hall–Kier alpha value is -1.40. The third-order valence-corrected chi connectivity index (χ3v) is 2.70. The first kappa shape index (κ1) is 13.7. The summed E-state index contributed by atoms with van der Waals surface area (Å²) in [6.07, 6.45) is 5.41. The topological polar surface area (TPSA) is 48.7 Å². The van der Waals surface area contributed by atoms with Crippen LogP contribution in [0.4, 0.5) is 0 Å². The van der Waals surface area contributed by atoms with Gasteiger partial charge in [0.2, 0.25) is 0 Å². The fraction of sp³-hybridized carbons (Fsp3) is 0.571. The van der Waals surface area contributed by atoms with E-state index >= 15 is 0 Å². The minimum Gasteiger partial charge on any atom is -0.313 e. The van der Waals surface area contributed by atoms with E-state index in [1.165, 1.54) is 19.3 Å². The molecule has 3 nitrogen and oxygen atoms in total. The van der Waals surface area contributed by atoms with Gasteiger partial charge in [-0.05, 0) is 24.9 Å². The Bertz CT molecular complexity index is 366. The normalized spacial score (nSPS) is 10.5. The number of rotatable bonds is 7. The summed E-state index contributed by atoms with van der Waals surface area (Å²) < 4.78 is 0. The van der Waals surface area contributed by atoms with Crippen molar-refractivity contribution < 1.29 is 0 Å². The highest BCUT2D eigenvalue weighted by Gasteiger charge is 2.01. The minimum absolute atomic E-state index is 0.530. The maximum atomic E-state index is 8.88. The Morgan fingerprint density at radius 1 is 1.41 bits per heavy atom. The summed E-state index contributed by atoms with van der Waals surface area (Å²) in [6, 6.07) is 5.93. The molecule has 92 valence electrons. The molecule has 0 aliphatic carbocycles. The number of aromatic nitrogens is 1. The molecule has 0 spiro atoms. The highest BCUT2D eigenvalue weighted by molar-refractivity contribution is 5.30. The van der Waals surface area contributed by atoms with Crippen molar-refractivity contribution in [2.75, 3.05) is 6.54 Å². The summed E-state index contributed by atoms with van der Waals surface area (Å²) in [4.78, 5) is 4.03. The average molecular weight is 231 g/mol. The zero-order chi connectivity index (χ0) is 12.5. The van der Waals surface area contributed by atoms with Crippen molar-refractivity contribution in [3.63, 3.8) is 0 Å². The monoisotopic (exact) mass is 231 g/mol. The molecule has 0 aliphatic heterocycles. The highest BCUT2D eigenvalue weighted by atomic mass is 14.9. The fourth-order valence-electron chi connectivity index (χ4n) is 1.71. The van der Waals surface area contributed by atoms with Gasteiger partial charge in [-0.25, -0.2) is 4.98 Å². The number of nitriles is 1. The van der Waals surface area contributed by atoms with E-state index in [4.69, 9.17) is 5.26 Å². The van der Waals surface area contributed by atoms with Crippen LogP contribution in [-0.2, 0) is 6.54 Å². The molecule has 0 atom stereocenters. The van der Waals surface area contributed by atoms with Crippen LogP contribution in [0.1, 0.15) is 44.4 Å². The molecule has 1 aromatic rings. The number of hydrogen-bond acceptors (Lipinski definition) is 3. The van der Waals surface area contributed by atoms with Crippen LogP contribution < -0.4 is 5.32 Å².